The van der Waals surface area contributed by atoms with E-state index in [9.17, 15) is 0 Å². The van der Waals surface area contributed by atoms with E-state index in [2.05, 4.69) is 0 Å². The van der Waals surface area contributed by atoms with E-state index in [0.29, 0.717) is 33.7 Å². The maximum atomic E-state index is 7.47. The predicted molar refractivity (Wildman–Crippen MR) is 84.8 cm³/mol. The van der Waals surface area contributed by atoms with Gasteiger partial charge in [-0.1, -0.05) is 35.3 Å². The first kappa shape index (κ1) is 15.5. The van der Waals surface area contributed by atoms with E-state index in [4.69, 9.17) is 43.8 Å². The van der Waals surface area contributed by atoms with Crippen LogP contribution in [0.1, 0.15) is 11.1 Å². The Hall–Kier alpha value is -1.91. The zero-order chi connectivity index (χ0) is 15.4. The molecule has 0 spiro atoms. The Bertz CT molecular complexity index is 675. The number of hydrogen-bond acceptors (Lipinski definition) is 3. The summed E-state index contributed by atoms with van der Waals surface area (Å²) in [5.74, 6) is 0.997. The van der Waals surface area contributed by atoms with E-state index >= 15 is 0 Å². The van der Waals surface area contributed by atoms with Crippen molar-refractivity contribution < 1.29 is 9.47 Å². The lowest BCUT2D eigenvalue weighted by molar-refractivity contribution is 0.305. The molecule has 0 aliphatic heterocycles. The predicted octanol–water partition coefficient (Wildman–Crippen LogP) is 3.87. The molecule has 0 radical (unpaired) electrons. The molecule has 2 aromatic rings. The van der Waals surface area contributed by atoms with Gasteiger partial charge in [0.05, 0.1) is 17.7 Å². The van der Waals surface area contributed by atoms with Crippen molar-refractivity contribution in [1.29, 1.82) is 5.41 Å². The summed E-state index contributed by atoms with van der Waals surface area (Å²) in [7, 11) is 1.53. The molecule has 2 rings (SSSR count). The number of rotatable bonds is 5. The molecule has 0 atom stereocenters. The van der Waals surface area contributed by atoms with Crippen LogP contribution in [-0.2, 0) is 6.61 Å². The van der Waals surface area contributed by atoms with Crippen LogP contribution in [0.5, 0.6) is 11.5 Å². The fraction of sp³-hybridized carbons (Fsp3) is 0.133. The molecule has 0 unspecified atom stereocenters. The number of benzene rings is 2. The molecule has 0 aromatic heterocycles. The lowest BCUT2D eigenvalue weighted by Gasteiger charge is -2.12. The average Bonchev–Trinajstić information content (AvgIpc) is 2.48. The molecule has 0 heterocycles. The van der Waals surface area contributed by atoms with Gasteiger partial charge in [-0.25, -0.2) is 0 Å². The Morgan fingerprint density at radius 1 is 1.19 bits per heavy atom. The van der Waals surface area contributed by atoms with Crippen LogP contribution in [0.25, 0.3) is 0 Å². The Labute approximate surface area is 132 Å². The molecule has 0 fully saturated rings. The quantitative estimate of drug-likeness (QED) is 0.648. The van der Waals surface area contributed by atoms with E-state index in [0.717, 1.165) is 5.56 Å². The Morgan fingerprint density at radius 2 is 1.95 bits per heavy atom. The van der Waals surface area contributed by atoms with Crippen LogP contribution in [0.2, 0.25) is 10.0 Å². The third-order valence-corrected chi connectivity index (χ3v) is 3.67. The van der Waals surface area contributed by atoms with E-state index in [1.54, 1.807) is 30.3 Å². The summed E-state index contributed by atoms with van der Waals surface area (Å²) in [5, 5.41) is 8.30. The number of ether oxygens (including phenoxy) is 2. The molecular formula is C15H14Cl2N2O2. The lowest BCUT2D eigenvalue weighted by atomic mass is 10.1. The van der Waals surface area contributed by atoms with Gasteiger partial charge in [-0.3, -0.25) is 5.41 Å². The summed E-state index contributed by atoms with van der Waals surface area (Å²) in [5.41, 5.74) is 6.89. The van der Waals surface area contributed by atoms with E-state index in [-0.39, 0.29) is 5.84 Å². The number of hydrogen-bond donors (Lipinski definition) is 2. The van der Waals surface area contributed by atoms with Crippen LogP contribution < -0.4 is 15.2 Å². The number of nitrogen functional groups attached to an aromatic ring is 1. The smallest absolute Gasteiger partial charge is 0.139 e. The summed E-state index contributed by atoms with van der Waals surface area (Å²) in [6.45, 7) is 0.300. The molecule has 0 saturated carbocycles. The number of methoxy groups -OCH3 is 1. The van der Waals surface area contributed by atoms with Gasteiger partial charge in [0.25, 0.3) is 0 Å². The maximum Gasteiger partial charge on any atom is 0.139 e. The van der Waals surface area contributed by atoms with Crippen molar-refractivity contribution in [1.82, 2.24) is 0 Å². The normalized spacial score (nSPS) is 10.2. The second-order valence-corrected chi connectivity index (χ2v) is 5.07. The summed E-state index contributed by atoms with van der Waals surface area (Å²) in [6.07, 6.45) is 0. The minimum atomic E-state index is -0.0443. The molecule has 110 valence electrons. The molecule has 3 N–H and O–H groups in total. The maximum absolute atomic E-state index is 7.47. The number of nitrogens with two attached hydrogens (primary N) is 1. The van der Waals surface area contributed by atoms with Crippen LogP contribution in [-0.4, -0.2) is 12.9 Å². The first-order chi connectivity index (χ1) is 10.0. The lowest BCUT2D eigenvalue weighted by Crippen LogP contribution is -2.12. The first-order valence-corrected chi connectivity index (χ1v) is 6.86. The van der Waals surface area contributed by atoms with Gasteiger partial charge in [0, 0.05) is 0 Å². The van der Waals surface area contributed by atoms with Gasteiger partial charge in [0.1, 0.15) is 29.0 Å². The first-order valence-electron chi connectivity index (χ1n) is 6.11. The van der Waals surface area contributed by atoms with Crippen molar-refractivity contribution in [2.45, 2.75) is 6.61 Å². The zero-order valence-corrected chi connectivity index (χ0v) is 12.8. The van der Waals surface area contributed by atoms with Crippen molar-refractivity contribution >= 4 is 29.0 Å². The van der Waals surface area contributed by atoms with Gasteiger partial charge < -0.3 is 15.2 Å². The molecule has 6 heteroatoms. The Balaban J connectivity index is 2.17. The number of nitrogens with one attached hydrogen (secondary N) is 1. The van der Waals surface area contributed by atoms with Crippen LogP contribution in [0, 0.1) is 5.41 Å². The molecule has 4 nitrogen and oxygen atoms in total. The fourth-order valence-corrected chi connectivity index (χ4v) is 2.15. The molecule has 0 aliphatic rings. The van der Waals surface area contributed by atoms with Crippen LogP contribution in [0.3, 0.4) is 0 Å². The van der Waals surface area contributed by atoms with Crippen LogP contribution in [0.15, 0.2) is 36.4 Å². The third-order valence-electron chi connectivity index (χ3n) is 2.87. The third kappa shape index (κ3) is 3.60. The SMILES string of the molecule is COc1cc(COc2cccc(Cl)c2Cl)ccc1C(=N)N. The van der Waals surface area contributed by atoms with Crippen molar-refractivity contribution in [2.75, 3.05) is 7.11 Å². The number of halogens is 2. The highest BCUT2D eigenvalue weighted by molar-refractivity contribution is 6.42. The van der Waals surface area contributed by atoms with Gasteiger partial charge in [0.2, 0.25) is 0 Å². The second kappa shape index (κ2) is 6.70. The Kier molecular flexibility index (Phi) is 4.94. The largest absolute Gasteiger partial charge is 0.496 e. The van der Waals surface area contributed by atoms with Gasteiger partial charge in [0.15, 0.2) is 0 Å². The molecule has 2 aromatic carbocycles. The minimum Gasteiger partial charge on any atom is -0.496 e. The topological polar surface area (TPSA) is 68.3 Å². The fourth-order valence-electron chi connectivity index (χ4n) is 1.80. The van der Waals surface area contributed by atoms with Crippen molar-refractivity contribution in [2.24, 2.45) is 5.73 Å². The highest BCUT2D eigenvalue weighted by atomic mass is 35.5. The minimum absolute atomic E-state index is 0.0443. The average molecular weight is 325 g/mol. The van der Waals surface area contributed by atoms with Crippen molar-refractivity contribution in [3.05, 3.63) is 57.6 Å². The monoisotopic (exact) mass is 324 g/mol. The van der Waals surface area contributed by atoms with Crippen LogP contribution in [0.4, 0.5) is 0 Å². The van der Waals surface area contributed by atoms with Gasteiger partial charge >= 0.3 is 0 Å². The summed E-state index contributed by atoms with van der Waals surface area (Å²) < 4.78 is 10.9. The highest BCUT2D eigenvalue weighted by Gasteiger charge is 2.09. The second-order valence-electron chi connectivity index (χ2n) is 4.29. The molecule has 0 saturated heterocycles. The summed E-state index contributed by atoms with van der Waals surface area (Å²) in [6, 6.07) is 10.5. The molecule has 21 heavy (non-hydrogen) atoms. The highest BCUT2D eigenvalue weighted by Crippen LogP contribution is 2.32. The zero-order valence-electron chi connectivity index (χ0n) is 11.3. The molecule has 0 amide bonds. The van der Waals surface area contributed by atoms with Crippen molar-refractivity contribution in [3.63, 3.8) is 0 Å². The standard InChI is InChI=1S/C15H14Cl2N2O2/c1-20-13-7-9(5-6-10(13)15(18)19)8-21-12-4-2-3-11(16)14(12)17/h2-7H,8H2,1H3,(H3,18,19). The summed E-state index contributed by atoms with van der Waals surface area (Å²) >= 11 is 12.0. The molecule has 0 bridgehead atoms. The summed E-state index contributed by atoms with van der Waals surface area (Å²) in [4.78, 5) is 0. The van der Waals surface area contributed by atoms with Crippen LogP contribution >= 0.6 is 23.2 Å². The van der Waals surface area contributed by atoms with E-state index in [1.165, 1.54) is 7.11 Å². The number of amidine groups is 1. The molecular weight excluding hydrogens is 311 g/mol. The van der Waals surface area contributed by atoms with Gasteiger partial charge in [-0.15, -0.1) is 0 Å². The van der Waals surface area contributed by atoms with E-state index in [1.807, 2.05) is 6.07 Å². The van der Waals surface area contributed by atoms with Gasteiger partial charge in [-0.2, -0.15) is 0 Å². The molecule has 0 aliphatic carbocycles. The van der Waals surface area contributed by atoms with E-state index < -0.39 is 0 Å². The van der Waals surface area contributed by atoms with Crippen molar-refractivity contribution in [3.8, 4) is 11.5 Å². The van der Waals surface area contributed by atoms with Gasteiger partial charge in [-0.05, 0) is 29.8 Å². The Morgan fingerprint density at radius 3 is 2.62 bits per heavy atom.